The molecule has 0 saturated heterocycles. The van der Waals surface area contributed by atoms with E-state index in [9.17, 15) is 0 Å². The lowest BCUT2D eigenvalue weighted by Gasteiger charge is -2.29. The van der Waals surface area contributed by atoms with Crippen LogP contribution < -0.4 is 5.73 Å². The summed E-state index contributed by atoms with van der Waals surface area (Å²) in [7, 11) is 4.28. The molecule has 2 N–H and O–H groups in total. The molecule has 0 amide bonds. The molecule has 0 heterocycles. The van der Waals surface area contributed by atoms with E-state index in [0.29, 0.717) is 5.92 Å². The van der Waals surface area contributed by atoms with Gasteiger partial charge in [-0.3, -0.25) is 0 Å². The second-order valence-corrected chi connectivity index (χ2v) is 5.85. The lowest BCUT2D eigenvalue weighted by atomic mass is 10.0. The fraction of sp³-hybridized carbons (Fsp3) is 1.00. The van der Waals surface area contributed by atoms with Crippen LogP contribution in [0.1, 0.15) is 33.6 Å². The molecule has 0 saturated carbocycles. The molecule has 0 bridgehead atoms. The zero-order valence-electron chi connectivity index (χ0n) is 12.6. The summed E-state index contributed by atoms with van der Waals surface area (Å²) in [5.41, 5.74) is 5.86. The molecular formula is C14H33N3. The van der Waals surface area contributed by atoms with Crippen molar-refractivity contribution >= 4 is 0 Å². The van der Waals surface area contributed by atoms with E-state index < -0.39 is 0 Å². The lowest BCUT2D eigenvalue weighted by Crippen LogP contribution is -2.39. The maximum atomic E-state index is 5.86. The molecule has 0 aromatic heterocycles. The summed E-state index contributed by atoms with van der Waals surface area (Å²) in [5.74, 6) is 1.40. The Morgan fingerprint density at radius 2 is 1.71 bits per heavy atom. The average Bonchev–Trinajstić information content (AvgIpc) is 2.24. The molecule has 0 aromatic rings. The Balaban J connectivity index is 4.14. The van der Waals surface area contributed by atoms with Gasteiger partial charge in [-0.25, -0.2) is 0 Å². The van der Waals surface area contributed by atoms with Crippen LogP contribution in [0.5, 0.6) is 0 Å². The molecular weight excluding hydrogens is 210 g/mol. The van der Waals surface area contributed by atoms with Gasteiger partial charge in [-0.15, -0.1) is 0 Å². The number of likely N-dealkylation sites (N-methyl/N-ethyl adjacent to an activating group) is 1. The van der Waals surface area contributed by atoms with Crippen LogP contribution in [0.3, 0.4) is 0 Å². The van der Waals surface area contributed by atoms with Crippen LogP contribution in [0, 0.1) is 11.8 Å². The molecule has 17 heavy (non-hydrogen) atoms. The molecule has 3 nitrogen and oxygen atoms in total. The first-order chi connectivity index (χ1) is 7.99. The summed E-state index contributed by atoms with van der Waals surface area (Å²) in [6.07, 6.45) is 2.50. The fourth-order valence-corrected chi connectivity index (χ4v) is 2.17. The van der Waals surface area contributed by atoms with E-state index in [2.05, 4.69) is 44.7 Å². The number of hydrogen-bond donors (Lipinski definition) is 1. The van der Waals surface area contributed by atoms with Gasteiger partial charge in [-0.1, -0.05) is 27.2 Å². The largest absolute Gasteiger partial charge is 0.330 e. The van der Waals surface area contributed by atoms with Crippen LogP contribution >= 0.6 is 0 Å². The molecule has 0 spiro atoms. The molecule has 104 valence electrons. The second kappa shape index (κ2) is 9.86. The Morgan fingerprint density at radius 3 is 2.12 bits per heavy atom. The molecule has 1 unspecified atom stereocenters. The quantitative estimate of drug-likeness (QED) is 0.636. The van der Waals surface area contributed by atoms with Gasteiger partial charge in [-0.2, -0.15) is 0 Å². The maximum Gasteiger partial charge on any atom is 0.0109 e. The van der Waals surface area contributed by atoms with Gasteiger partial charge in [0.2, 0.25) is 0 Å². The predicted molar refractivity (Wildman–Crippen MR) is 77.3 cm³/mol. The maximum absolute atomic E-state index is 5.86. The third kappa shape index (κ3) is 9.57. The van der Waals surface area contributed by atoms with E-state index in [1.54, 1.807) is 0 Å². The topological polar surface area (TPSA) is 32.5 Å². The van der Waals surface area contributed by atoms with Crippen molar-refractivity contribution < 1.29 is 0 Å². The van der Waals surface area contributed by atoms with Gasteiger partial charge in [0.15, 0.2) is 0 Å². The van der Waals surface area contributed by atoms with E-state index in [1.165, 1.54) is 19.4 Å². The first-order valence-corrected chi connectivity index (χ1v) is 7.06. The molecule has 0 aliphatic rings. The van der Waals surface area contributed by atoms with Gasteiger partial charge in [0.25, 0.3) is 0 Å². The Morgan fingerprint density at radius 1 is 1.06 bits per heavy atom. The minimum atomic E-state index is 0.668. The lowest BCUT2D eigenvalue weighted by molar-refractivity contribution is 0.187. The van der Waals surface area contributed by atoms with Crippen molar-refractivity contribution in [3.05, 3.63) is 0 Å². The highest BCUT2D eigenvalue weighted by molar-refractivity contribution is 4.69. The Bertz CT molecular complexity index is 169. The summed E-state index contributed by atoms with van der Waals surface area (Å²) >= 11 is 0. The smallest absolute Gasteiger partial charge is 0.0109 e. The van der Waals surface area contributed by atoms with Crippen molar-refractivity contribution in [3.63, 3.8) is 0 Å². The van der Waals surface area contributed by atoms with Crippen LogP contribution in [0.4, 0.5) is 0 Å². The monoisotopic (exact) mass is 243 g/mol. The highest BCUT2D eigenvalue weighted by Crippen LogP contribution is 2.09. The minimum Gasteiger partial charge on any atom is -0.330 e. The summed E-state index contributed by atoms with van der Waals surface area (Å²) < 4.78 is 0. The van der Waals surface area contributed by atoms with E-state index in [-0.39, 0.29) is 0 Å². The third-order valence-corrected chi connectivity index (χ3v) is 3.03. The Hall–Kier alpha value is -0.120. The van der Waals surface area contributed by atoms with E-state index >= 15 is 0 Å². The van der Waals surface area contributed by atoms with Crippen LogP contribution in [0.2, 0.25) is 0 Å². The number of nitrogens with two attached hydrogens (primary N) is 1. The van der Waals surface area contributed by atoms with Crippen molar-refractivity contribution in [2.75, 3.05) is 46.8 Å². The molecule has 0 aliphatic heterocycles. The predicted octanol–water partition coefficient (Wildman–Crippen LogP) is 1.88. The summed E-state index contributed by atoms with van der Waals surface area (Å²) in [5, 5.41) is 0. The molecule has 0 fully saturated rings. The molecule has 3 heteroatoms. The van der Waals surface area contributed by atoms with E-state index in [4.69, 9.17) is 5.73 Å². The van der Waals surface area contributed by atoms with Crippen molar-refractivity contribution in [1.82, 2.24) is 9.80 Å². The van der Waals surface area contributed by atoms with Crippen LogP contribution in [0.25, 0.3) is 0 Å². The average molecular weight is 243 g/mol. The zero-order valence-corrected chi connectivity index (χ0v) is 12.6. The first kappa shape index (κ1) is 16.9. The van der Waals surface area contributed by atoms with Gasteiger partial charge in [0.05, 0.1) is 0 Å². The highest BCUT2D eigenvalue weighted by Gasteiger charge is 2.13. The van der Waals surface area contributed by atoms with Crippen LogP contribution in [0.15, 0.2) is 0 Å². The Kier molecular flexibility index (Phi) is 9.79. The molecule has 0 rings (SSSR count). The van der Waals surface area contributed by atoms with E-state index in [1.807, 2.05) is 0 Å². The van der Waals surface area contributed by atoms with Gasteiger partial charge in [0, 0.05) is 26.2 Å². The van der Waals surface area contributed by atoms with Crippen LogP contribution in [-0.4, -0.2) is 56.6 Å². The fourth-order valence-electron chi connectivity index (χ4n) is 2.17. The molecule has 0 aliphatic carbocycles. The van der Waals surface area contributed by atoms with Gasteiger partial charge >= 0.3 is 0 Å². The second-order valence-electron chi connectivity index (χ2n) is 5.85. The molecule has 1 atom stereocenters. The van der Waals surface area contributed by atoms with Crippen molar-refractivity contribution in [3.8, 4) is 0 Å². The minimum absolute atomic E-state index is 0.668. The Labute approximate surface area is 108 Å². The third-order valence-electron chi connectivity index (χ3n) is 3.03. The zero-order chi connectivity index (χ0) is 13.3. The number of rotatable bonds is 10. The standard InChI is InChI=1S/C14H33N3/c1-6-7-14(10-15)12-17(11-13(2)3)9-8-16(4)5/h13-14H,6-12,15H2,1-5H3. The number of hydrogen-bond acceptors (Lipinski definition) is 3. The first-order valence-electron chi connectivity index (χ1n) is 7.06. The van der Waals surface area contributed by atoms with Crippen molar-refractivity contribution in [2.24, 2.45) is 17.6 Å². The normalized spacial score (nSPS) is 13.9. The van der Waals surface area contributed by atoms with Crippen LogP contribution in [-0.2, 0) is 0 Å². The van der Waals surface area contributed by atoms with Crippen molar-refractivity contribution in [2.45, 2.75) is 33.6 Å². The van der Waals surface area contributed by atoms with Gasteiger partial charge in [-0.05, 0) is 38.9 Å². The summed E-state index contributed by atoms with van der Waals surface area (Å²) in [6.45, 7) is 12.3. The number of nitrogens with zero attached hydrogens (tertiary/aromatic N) is 2. The summed E-state index contributed by atoms with van der Waals surface area (Å²) in [6, 6.07) is 0. The summed E-state index contributed by atoms with van der Waals surface area (Å²) in [4.78, 5) is 4.84. The van der Waals surface area contributed by atoms with Crippen molar-refractivity contribution in [1.29, 1.82) is 0 Å². The highest BCUT2D eigenvalue weighted by atomic mass is 15.2. The SMILES string of the molecule is CCCC(CN)CN(CCN(C)C)CC(C)C. The molecule has 0 radical (unpaired) electrons. The van der Waals surface area contributed by atoms with Gasteiger partial charge in [0.1, 0.15) is 0 Å². The molecule has 0 aromatic carbocycles. The van der Waals surface area contributed by atoms with E-state index in [0.717, 1.165) is 32.1 Å². The van der Waals surface area contributed by atoms with Gasteiger partial charge < -0.3 is 15.5 Å².